The summed E-state index contributed by atoms with van der Waals surface area (Å²) in [4.78, 5) is 22.5. The Kier molecular flexibility index (Phi) is 4.79. The lowest BCUT2D eigenvalue weighted by atomic mass is 10.2. The van der Waals surface area contributed by atoms with Crippen LogP contribution in [0.2, 0.25) is 0 Å². The zero-order valence-electron chi connectivity index (χ0n) is 13.6. The minimum absolute atomic E-state index is 0.269. The molecule has 4 rings (SSSR count). The molecule has 0 fully saturated rings. The first kappa shape index (κ1) is 16.9. The Morgan fingerprint density at radius 3 is 2.73 bits per heavy atom. The summed E-state index contributed by atoms with van der Waals surface area (Å²) in [5.74, 6) is 0.462. The molecule has 3 aromatic heterocycles. The summed E-state index contributed by atoms with van der Waals surface area (Å²) in [5, 5.41) is 9.80. The van der Waals surface area contributed by atoms with Crippen LogP contribution in [-0.2, 0) is 0 Å². The minimum atomic E-state index is -0.269. The fourth-order valence-electron chi connectivity index (χ4n) is 2.35. The highest BCUT2D eigenvalue weighted by molar-refractivity contribution is 7.16. The van der Waals surface area contributed by atoms with Crippen LogP contribution in [0.3, 0.4) is 0 Å². The van der Waals surface area contributed by atoms with Crippen LogP contribution in [0.15, 0.2) is 52.5 Å². The number of amides is 1. The summed E-state index contributed by atoms with van der Waals surface area (Å²) in [5.41, 5.74) is 2.10. The summed E-state index contributed by atoms with van der Waals surface area (Å²) < 4.78 is 5.36. The third-order valence-electron chi connectivity index (χ3n) is 3.57. The lowest BCUT2D eigenvalue weighted by molar-refractivity contribution is 0.102. The molecule has 130 valence electrons. The van der Waals surface area contributed by atoms with Gasteiger partial charge in [0.15, 0.2) is 5.13 Å². The molecule has 0 saturated heterocycles. The predicted molar refractivity (Wildman–Crippen MR) is 107 cm³/mol. The van der Waals surface area contributed by atoms with Crippen molar-refractivity contribution in [3.63, 3.8) is 0 Å². The molecule has 0 aliphatic carbocycles. The fourth-order valence-corrected chi connectivity index (χ4v) is 4.65. The van der Waals surface area contributed by atoms with Crippen LogP contribution in [0.5, 0.6) is 5.75 Å². The van der Waals surface area contributed by atoms with Crippen LogP contribution in [-0.4, -0.2) is 23.0 Å². The highest BCUT2D eigenvalue weighted by Gasteiger charge is 2.16. The van der Waals surface area contributed by atoms with Gasteiger partial charge >= 0.3 is 0 Å². The largest absolute Gasteiger partial charge is 0.496 e. The Balaban J connectivity index is 1.52. The molecule has 4 aromatic rings. The van der Waals surface area contributed by atoms with E-state index in [1.165, 1.54) is 22.7 Å². The van der Waals surface area contributed by atoms with Gasteiger partial charge in [0, 0.05) is 10.8 Å². The number of rotatable bonds is 5. The molecule has 8 heteroatoms. The van der Waals surface area contributed by atoms with Crippen molar-refractivity contribution in [3.05, 3.63) is 58.2 Å². The highest BCUT2D eigenvalue weighted by Crippen LogP contribution is 2.32. The number of benzene rings is 1. The van der Waals surface area contributed by atoms with Gasteiger partial charge in [-0.05, 0) is 23.6 Å². The molecule has 5 nitrogen and oxygen atoms in total. The lowest BCUT2D eigenvalue weighted by Crippen LogP contribution is -2.12. The van der Waals surface area contributed by atoms with Gasteiger partial charge in [0.2, 0.25) is 0 Å². The molecule has 0 bridgehead atoms. The highest BCUT2D eigenvalue weighted by atomic mass is 32.1. The van der Waals surface area contributed by atoms with E-state index in [0.717, 1.165) is 26.9 Å². The number of nitrogens with zero attached hydrogens (tertiary/aromatic N) is 2. The summed E-state index contributed by atoms with van der Waals surface area (Å²) >= 11 is 4.42. The third kappa shape index (κ3) is 3.39. The molecular formula is C18H13N3O2S3. The van der Waals surface area contributed by atoms with Crippen LogP contribution in [0, 0.1) is 0 Å². The topological polar surface area (TPSA) is 64.1 Å². The average molecular weight is 400 g/mol. The van der Waals surface area contributed by atoms with Gasteiger partial charge in [-0.15, -0.1) is 34.0 Å². The molecule has 0 aliphatic rings. The second-order valence-electron chi connectivity index (χ2n) is 5.21. The van der Waals surface area contributed by atoms with Gasteiger partial charge in [0.05, 0.1) is 23.2 Å². The van der Waals surface area contributed by atoms with Crippen molar-refractivity contribution in [2.75, 3.05) is 12.4 Å². The second-order valence-corrected chi connectivity index (χ2v) is 7.87. The van der Waals surface area contributed by atoms with Gasteiger partial charge in [-0.3, -0.25) is 10.1 Å². The van der Waals surface area contributed by atoms with Crippen LogP contribution in [0.4, 0.5) is 5.13 Å². The Morgan fingerprint density at radius 1 is 1.04 bits per heavy atom. The molecular weight excluding hydrogens is 386 g/mol. The molecule has 0 spiro atoms. The molecule has 1 amide bonds. The van der Waals surface area contributed by atoms with Crippen molar-refractivity contribution < 1.29 is 9.53 Å². The van der Waals surface area contributed by atoms with E-state index >= 15 is 0 Å². The number of nitrogens with one attached hydrogen (secondary N) is 1. The number of carbonyl (C=O) groups excluding carboxylic acids is 1. The Bertz CT molecular complexity index is 1040. The van der Waals surface area contributed by atoms with E-state index in [0.29, 0.717) is 10.8 Å². The molecule has 1 N–H and O–H groups in total. The van der Waals surface area contributed by atoms with Crippen molar-refractivity contribution >= 4 is 45.0 Å². The first-order valence-corrected chi connectivity index (χ1v) is 10.3. The molecule has 0 radical (unpaired) electrons. The number of hydrogen-bond donors (Lipinski definition) is 1. The molecule has 0 atom stereocenters. The lowest BCUT2D eigenvalue weighted by Gasteiger charge is -2.04. The monoisotopic (exact) mass is 399 g/mol. The normalized spacial score (nSPS) is 10.7. The van der Waals surface area contributed by atoms with Gasteiger partial charge in [-0.2, -0.15) is 0 Å². The van der Waals surface area contributed by atoms with Gasteiger partial charge < -0.3 is 4.74 Å². The van der Waals surface area contributed by atoms with Crippen LogP contribution in [0.1, 0.15) is 10.5 Å². The Hall–Kier alpha value is -2.55. The predicted octanol–water partition coefficient (Wildman–Crippen LogP) is 5.26. The summed E-state index contributed by atoms with van der Waals surface area (Å²) in [7, 11) is 1.62. The van der Waals surface area contributed by atoms with Crippen molar-refractivity contribution in [1.29, 1.82) is 0 Å². The Morgan fingerprint density at radius 2 is 1.92 bits per heavy atom. The number of ether oxygens (including phenoxy) is 1. The number of methoxy groups -OCH3 is 1. The fraction of sp³-hybridized carbons (Fsp3) is 0.0556. The van der Waals surface area contributed by atoms with Crippen molar-refractivity contribution in [3.8, 4) is 26.9 Å². The number of hydrogen-bond acceptors (Lipinski definition) is 7. The Labute approximate surface area is 162 Å². The maximum absolute atomic E-state index is 12.5. The van der Waals surface area contributed by atoms with Crippen molar-refractivity contribution in [1.82, 2.24) is 9.97 Å². The van der Waals surface area contributed by atoms with Crippen molar-refractivity contribution in [2.45, 2.75) is 0 Å². The summed E-state index contributed by atoms with van der Waals surface area (Å²) in [6.45, 7) is 0. The molecule has 0 aliphatic heterocycles. The molecule has 1 aromatic carbocycles. The maximum atomic E-state index is 12.5. The molecule has 3 heterocycles. The third-order valence-corrected chi connectivity index (χ3v) is 6.10. The number of carbonyl (C=O) groups is 1. The van der Waals surface area contributed by atoms with Crippen LogP contribution in [0.25, 0.3) is 21.1 Å². The number of aromatic nitrogens is 2. The zero-order valence-corrected chi connectivity index (χ0v) is 16.1. The number of thiazole rings is 2. The zero-order chi connectivity index (χ0) is 17.9. The van der Waals surface area contributed by atoms with E-state index in [-0.39, 0.29) is 5.91 Å². The quantitative estimate of drug-likeness (QED) is 0.497. The number of anilines is 1. The summed E-state index contributed by atoms with van der Waals surface area (Å²) in [6, 6.07) is 11.6. The van der Waals surface area contributed by atoms with Crippen molar-refractivity contribution in [2.24, 2.45) is 0 Å². The van der Waals surface area contributed by atoms with E-state index in [9.17, 15) is 4.79 Å². The smallest absolute Gasteiger partial charge is 0.276 e. The molecule has 0 unspecified atom stereocenters. The van der Waals surface area contributed by atoms with Gasteiger partial charge in [-0.1, -0.05) is 18.2 Å². The van der Waals surface area contributed by atoms with Crippen LogP contribution >= 0.6 is 34.0 Å². The maximum Gasteiger partial charge on any atom is 0.276 e. The minimum Gasteiger partial charge on any atom is -0.496 e. The SMILES string of the molecule is COc1ccccc1-c1nc(C(=O)Nc2nc(-c3cccs3)cs2)cs1. The average Bonchev–Trinajstić information content (AvgIpc) is 3.41. The van der Waals surface area contributed by atoms with E-state index in [1.54, 1.807) is 23.8 Å². The molecule has 26 heavy (non-hydrogen) atoms. The van der Waals surface area contributed by atoms with Crippen LogP contribution < -0.4 is 10.1 Å². The van der Waals surface area contributed by atoms with Gasteiger partial charge in [0.25, 0.3) is 5.91 Å². The molecule has 0 saturated carbocycles. The van der Waals surface area contributed by atoms with E-state index in [1.807, 2.05) is 47.2 Å². The first-order valence-electron chi connectivity index (χ1n) is 7.64. The van der Waals surface area contributed by atoms with E-state index in [2.05, 4.69) is 15.3 Å². The van der Waals surface area contributed by atoms with E-state index < -0.39 is 0 Å². The standard InChI is InChI=1S/C18H13N3O2S3/c1-23-14-6-3-2-5-11(14)17-19-13(10-25-17)16(22)21-18-20-12(9-26-18)15-7-4-8-24-15/h2-10H,1H3,(H,20,21,22). The summed E-state index contributed by atoms with van der Waals surface area (Å²) in [6.07, 6.45) is 0. The number of para-hydroxylation sites is 1. The number of thiophene rings is 1. The van der Waals surface area contributed by atoms with Gasteiger partial charge in [0.1, 0.15) is 16.5 Å². The first-order chi connectivity index (χ1) is 12.7. The van der Waals surface area contributed by atoms with E-state index in [4.69, 9.17) is 4.74 Å². The van der Waals surface area contributed by atoms with Gasteiger partial charge in [-0.25, -0.2) is 9.97 Å². The second kappa shape index (κ2) is 7.36.